The van der Waals surface area contributed by atoms with E-state index >= 15 is 0 Å². The monoisotopic (exact) mass is 185 g/mol. The summed E-state index contributed by atoms with van der Waals surface area (Å²) >= 11 is 0. The summed E-state index contributed by atoms with van der Waals surface area (Å²) in [4.78, 5) is 12.4. The molecule has 0 amide bonds. The number of nitrogens with zero attached hydrogens (tertiary/aromatic N) is 1. The van der Waals surface area contributed by atoms with E-state index in [9.17, 15) is 4.79 Å². The molecule has 0 saturated heterocycles. The Labute approximate surface area is 80.0 Å². The number of carbonyl (C=O) groups is 1. The van der Waals surface area contributed by atoms with E-state index in [1.54, 1.807) is 6.08 Å². The van der Waals surface area contributed by atoms with E-state index in [0.29, 0.717) is 12.6 Å². The van der Waals surface area contributed by atoms with Gasteiger partial charge >= 0.3 is 5.97 Å². The molecule has 0 spiro atoms. The molecule has 0 unspecified atom stereocenters. The van der Waals surface area contributed by atoms with Gasteiger partial charge in [-0.15, -0.1) is 0 Å². The third-order valence-electron chi connectivity index (χ3n) is 2.22. The van der Waals surface area contributed by atoms with Crippen LogP contribution >= 0.6 is 0 Å². The minimum absolute atomic E-state index is 0.554. The predicted molar refractivity (Wildman–Crippen MR) is 53.8 cm³/mol. The molecule has 76 valence electrons. The molecule has 0 aromatic heterocycles. The van der Waals surface area contributed by atoms with E-state index in [0.717, 1.165) is 12.8 Å². The zero-order valence-corrected chi connectivity index (χ0v) is 8.66. The van der Waals surface area contributed by atoms with Gasteiger partial charge in [-0.05, 0) is 19.9 Å². The first-order chi connectivity index (χ1) is 6.11. The van der Waals surface area contributed by atoms with Crippen molar-refractivity contribution in [1.29, 1.82) is 0 Å². The van der Waals surface area contributed by atoms with E-state index in [1.165, 1.54) is 6.08 Å². The topological polar surface area (TPSA) is 40.5 Å². The smallest absolute Gasteiger partial charge is 0.328 e. The molecule has 0 atom stereocenters. The molecule has 0 bridgehead atoms. The van der Waals surface area contributed by atoms with Gasteiger partial charge in [0.25, 0.3) is 0 Å². The van der Waals surface area contributed by atoms with Crippen LogP contribution in [0.5, 0.6) is 0 Å². The van der Waals surface area contributed by atoms with Crippen LogP contribution < -0.4 is 0 Å². The van der Waals surface area contributed by atoms with Crippen LogP contribution in [0.2, 0.25) is 0 Å². The summed E-state index contributed by atoms with van der Waals surface area (Å²) in [5.74, 6) is -0.877. The van der Waals surface area contributed by atoms with Gasteiger partial charge in [0.1, 0.15) is 0 Å². The normalized spacial score (nSPS) is 11.8. The maximum atomic E-state index is 10.2. The van der Waals surface area contributed by atoms with E-state index < -0.39 is 5.97 Å². The summed E-state index contributed by atoms with van der Waals surface area (Å²) in [6.45, 7) is 5.00. The zero-order valence-electron chi connectivity index (χ0n) is 8.66. The maximum absolute atomic E-state index is 10.2. The molecule has 3 nitrogen and oxygen atoms in total. The Morgan fingerprint density at radius 1 is 1.46 bits per heavy atom. The molecular weight excluding hydrogens is 166 g/mol. The van der Waals surface area contributed by atoms with Gasteiger partial charge in [0, 0.05) is 18.7 Å². The lowest BCUT2D eigenvalue weighted by atomic mass is 10.1. The average molecular weight is 185 g/mol. The van der Waals surface area contributed by atoms with Crippen molar-refractivity contribution >= 4 is 5.97 Å². The van der Waals surface area contributed by atoms with E-state index in [1.807, 2.05) is 7.05 Å². The summed E-state index contributed by atoms with van der Waals surface area (Å²) in [6, 6.07) is 0.554. The Kier molecular flexibility index (Phi) is 6.24. The van der Waals surface area contributed by atoms with Crippen LogP contribution in [-0.4, -0.2) is 35.6 Å². The largest absolute Gasteiger partial charge is 0.478 e. The summed E-state index contributed by atoms with van der Waals surface area (Å²) in [5, 5.41) is 8.37. The fraction of sp³-hybridized carbons (Fsp3) is 0.700. The average Bonchev–Trinajstić information content (AvgIpc) is 2.05. The van der Waals surface area contributed by atoms with Gasteiger partial charge < -0.3 is 5.11 Å². The van der Waals surface area contributed by atoms with E-state index in [4.69, 9.17) is 5.11 Å². The molecular formula is C10H19NO2. The first-order valence-corrected chi connectivity index (χ1v) is 4.71. The van der Waals surface area contributed by atoms with Crippen LogP contribution in [0.25, 0.3) is 0 Å². The molecule has 0 radical (unpaired) electrons. The lowest BCUT2D eigenvalue weighted by molar-refractivity contribution is -0.131. The van der Waals surface area contributed by atoms with Crippen molar-refractivity contribution in [3.05, 3.63) is 12.2 Å². The van der Waals surface area contributed by atoms with Crippen molar-refractivity contribution in [3.8, 4) is 0 Å². The molecule has 0 rings (SSSR count). The summed E-state index contributed by atoms with van der Waals surface area (Å²) in [6.07, 6.45) is 5.08. The molecule has 0 aromatic rings. The fourth-order valence-corrected chi connectivity index (χ4v) is 1.38. The van der Waals surface area contributed by atoms with Crippen molar-refractivity contribution in [3.63, 3.8) is 0 Å². The Hall–Kier alpha value is -0.830. The maximum Gasteiger partial charge on any atom is 0.328 e. The number of hydrogen-bond donors (Lipinski definition) is 1. The molecule has 0 aliphatic carbocycles. The number of carboxylic acid groups (broad SMARTS) is 1. The molecule has 0 aromatic carbocycles. The standard InChI is InChI=1S/C10H19NO2/c1-4-9(5-2)11(3)8-6-7-10(12)13/h6-7,9H,4-5,8H2,1-3H3,(H,12,13)/b7-6+. The number of aliphatic carboxylic acids is 1. The quantitative estimate of drug-likeness (QED) is 0.641. The van der Waals surface area contributed by atoms with Crippen molar-refractivity contribution < 1.29 is 9.90 Å². The fourth-order valence-electron chi connectivity index (χ4n) is 1.38. The lowest BCUT2D eigenvalue weighted by Gasteiger charge is -2.24. The third-order valence-corrected chi connectivity index (χ3v) is 2.22. The van der Waals surface area contributed by atoms with Gasteiger partial charge in [0.15, 0.2) is 0 Å². The number of rotatable bonds is 6. The highest BCUT2D eigenvalue weighted by Gasteiger charge is 2.07. The third kappa shape index (κ3) is 5.42. The molecule has 1 N–H and O–H groups in total. The number of likely N-dealkylation sites (N-methyl/N-ethyl adjacent to an activating group) is 1. The highest BCUT2D eigenvalue weighted by atomic mass is 16.4. The molecule has 0 aliphatic rings. The molecule has 0 fully saturated rings. The first-order valence-electron chi connectivity index (χ1n) is 4.71. The molecule has 13 heavy (non-hydrogen) atoms. The van der Waals surface area contributed by atoms with E-state index in [-0.39, 0.29) is 0 Å². The summed E-state index contributed by atoms with van der Waals surface area (Å²) < 4.78 is 0. The van der Waals surface area contributed by atoms with Crippen LogP contribution in [-0.2, 0) is 4.79 Å². The minimum Gasteiger partial charge on any atom is -0.478 e. The SMILES string of the molecule is CCC(CC)N(C)C/C=C/C(=O)O. The summed E-state index contributed by atoms with van der Waals surface area (Å²) in [7, 11) is 2.02. The van der Waals surface area contributed by atoms with Crippen molar-refractivity contribution in [1.82, 2.24) is 4.90 Å². The Bertz CT molecular complexity index is 174. The highest BCUT2D eigenvalue weighted by Crippen LogP contribution is 2.05. The Balaban J connectivity index is 3.84. The molecule has 0 aliphatic heterocycles. The van der Waals surface area contributed by atoms with E-state index in [2.05, 4.69) is 18.7 Å². The van der Waals surface area contributed by atoms with Crippen LogP contribution in [0.3, 0.4) is 0 Å². The van der Waals surface area contributed by atoms with Crippen LogP contribution in [0, 0.1) is 0 Å². The van der Waals surface area contributed by atoms with Gasteiger partial charge in [0.05, 0.1) is 0 Å². The van der Waals surface area contributed by atoms with Gasteiger partial charge in [-0.1, -0.05) is 19.9 Å². The minimum atomic E-state index is -0.877. The van der Waals surface area contributed by atoms with Crippen molar-refractivity contribution in [2.75, 3.05) is 13.6 Å². The van der Waals surface area contributed by atoms with Crippen LogP contribution in [0.4, 0.5) is 0 Å². The second kappa shape index (κ2) is 6.66. The van der Waals surface area contributed by atoms with Crippen molar-refractivity contribution in [2.45, 2.75) is 32.7 Å². The summed E-state index contributed by atoms with van der Waals surface area (Å²) in [5.41, 5.74) is 0. The predicted octanol–water partition coefficient (Wildman–Crippen LogP) is 1.75. The molecule has 3 heteroatoms. The zero-order chi connectivity index (χ0) is 10.3. The van der Waals surface area contributed by atoms with Gasteiger partial charge in [-0.2, -0.15) is 0 Å². The highest BCUT2D eigenvalue weighted by molar-refractivity contribution is 5.79. The molecule has 0 saturated carbocycles. The Morgan fingerprint density at radius 2 is 2.00 bits per heavy atom. The van der Waals surface area contributed by atoms with Crippen LogP contribution in [0.1, 0.15) is 26.7 Å². The second-order valence-corrected chi connectivity index (χ2v) is 3.15. The number of hydrogen-bond acceptors (Lipinski definition) is 2. The van der Waals surface area contributed by atoms with Gasteiger partial charge in [-0.25, -0.2) is 4.79 Å². The van der Waals surface area contributed by atoms with Gasteiger partial charge in [0.2, 0.25) is 0 Å². The first kappa shape index (κ1) is 12.2. The second-order valence-electron chi connectivity index (χ2n) is 3.15. The Morgan fingerprint density at radius 3 is 2.38 bits per heavy atom. The number of carboxylic acids is 1. The lowest BCUT2D eigenvalue weighted by Crippen LogP contribution is -2.30. The van der Waals surface area contributed by atoms with Gasteiger partial charge in [-0.3, -0.25) is 4.90 Å². The van der Waals surface area contributed by atoms with Crippen molar-refractivity contribution in [2.24, 2.45) is 0 Å². The molecule has 0 heterocycles. The van der Waals surface area contributed by atoms with Crippen LogP contribution in [0.15, 0.2) is 12.2 Å².